The molecule has 0 spiro atoms. The number of benzene rings is 2. The first-order valence-corrected chi connectivity index (χ1v) is 8.67. The van der Waals surface area contributed by atoms with Crippen LogP contribution in [0.4, 0.5) is 10.1 Å². The summed E-state index contributed by atoms with van der Waals surface area (Å²) in [6.07, 6.45) is 0. The molecule has 6 heteroatoms. The van der Waals surface area contributed by atoms with Crippen LogP contribution in [0.3, 0.4) is 0 Å². The highest BCUT2D eigenvalue weighted by molar-refractivity contribution is 6.04. The highest BCUT2D eigenvalue weighted by atomic mass is 19.1. The van der Waals surface area contributed by atoms with Crippen molar-refractivity contribution in [3.8, 4) is 11.5 Å². The van der Waals surface area contributed by atoms with Crippen molar-refractivity contribution in [1.29, 1.82) is 0 Å². The van der Waals surface area contributed by atoms with Crippen LogP contribution in [0.25, 0.3) is 0 Å². The van der Waals surface area contributed by atoms with Gasteiger partial charge in [0.15, 0.2) is 0 Å². The van der Waals surface area contributed by atoms with E-state index in [1.807, 2.05) is 0 Å². The quantitative estimate of drug-likeness (QED) is 0.739. The van der Waals surface area contributed by atoms with Crippen LogP contribution in [-0.4, -0.2) is 44.2 Å². The number of nitrogens with zero attached hydrogens (tertiary/aromatic N) is 1. The van der Waals surface area contributed by atoms with Gasteiger partial charge in [0.1, 0.15) is 23.9 Å². The third kappa shape index (κ3) is 5.46. The third-order valence-corrected chi connectivity index (χ3v) is 4.10. The molecule has 0 heterocycles. The second-order valence-electron chi connectivity index (χ2n) is 5.70. The summed E-state index contributed by atoms with van der Waals surface area (Å²) in [5.74, 6) is -0.0467. The van der Waals surface area contributed by atoms with Gasteiger partial charge in [0, 0.05) is 18.3 Å². The van der Waals surface area contributed by atoms with Crippen molar-refractivity contribution >= 4 is 11.6 Å². The van der Waals surface area contributed by atoms with Crippen molar-refractivity contribution in [2.75, 3.05) is 38.7 Å². The number of anilines is 1. The molecular weight excluding hydrogens is 335 g/mol. The Hall–Kier alpha value is -2.60. The van der Waals surface area contributed by atoms with Crippen LogP contribution in [0.2, 0.25) is 0 Å². The molecule has 0 aliphatic rings. The number of methoxy groups -OCH3 is 1. The molecule has 0 saturated carbocycles. The van der Waals surface area contributed by atoms with Gasteiger partial charge in [0.05, 0.1) is 12.7 Å². The standard InChI is InChI=1S/C20H25FN2O3/c1-4-23(5-2)12-13-26-16-8-6-15(7-9-16)22-20(24)18-11-10-17(25-3)14-19(18)21/h6-11,14H,4-5,12-13H2,1-3H3,(H,22,24). The lowest BCUT2D eigenvalue weighted by molar-refractivity contribution is 0.102. The molecule has 2 rings (SSSR count). The Kier molecular flexibility index (Phi) is 7.41. The van der Waals surface area contributed by atoms with Crippen molar-refractivity contribution in [3.05, 3.63) is 53.8 Å². The van der Waals surface area contributed by atoms with Crippen LogP contribution in [0.15, 0.2) is 42.5 Å². The molecule has 0 radical (unpaired) electrons. The maximum atomic E-state index is 14.0. The van der Waals surface area contributed by atoms with Crippen molar-refractivity contribution in [2.24, 2.45) is 0 Å². The monoisotopic (exact) mass is 360 g/mol. The fourth-order valence-corrected chi connectivity index (χ4v) is 2.47. The predicted molar refractivity (Wildman–Crippen MR) is 101 cm³/mol. The first-order valence-electron chi connectivity index (χ1n) is 8.67. The van der Waals surface area contributed by atoms with Gasteiger partial charge >= 0.3 is 0 Å². The van der Waals surface area contributed by atoms with E-state index >= 15 is 0 Å². The molecule has 1 N–H and O–H groups in total. The molecule has 0 aliphatic heterocycles. The lowest BCUT2D eigenvalue weighted by Gasteiger charge is -2.18. The van der Waals surface area contributed by atoms with Crippen LogP contribution in [0.1, 0.15) is 24.2 Å². The lowest BCUT2D eigenvalue weighted by Crippen LogP contribution is -2.27. The second kappa shape index (κ2) is 9.77. The number of ether oxygens (including phenoxy) is 2. The average molecular weight is 360 g/mol. The van der Waals surface area contributed by atoms with Crippen molar-refractivity contribution in [3.63, 3.8) is 0 Å². The van der Waals surface area contributed by atoms with Crippen LogP contribution in [0.5, 0.6) is 11.5 Å². The highest BCUT2D eigenvalue weighted by Gasteiger charge is 2.13. The topological polar surface area (TPSA) is 50.8 Å². The van der Waals surface area contributed by atoms with E-state index in [2.05, 4.69) is 24.1 Å². The van der Waals surface area contributed by atoms with Crippen LogP contribution >= 0.6 is 0 Å². The summed E-state index contributed by atoms with van der Waals surface area (Å²) in [5.41, 5.74) is 0.534. The zero-order valence-electron chi connectivity index (χ0n) is 15.4. The van der Waals surface area contributed by atoms with Crippen LogP contribution in [-0.2, 0) is 0 Å². The summed E-state index contributed by atoms with van der Waals surface area (Å²) in [7, 11) is 1.44. The summed E-state index contributed by atoms with van der Waals surface area (Å²) >= 11 is 0. The summed E-state index contributed by atoms with van der Waals surface area (Å²) in [6, 6.07) is 11.1. The molecule has 0 fully saturated rings. The Balaban J connectivity index is 1.91. The lowest BCUT2D eigenvalue weighted by atomic mass is 10.2. The molecule has 0 aromatic heterocycles. The molecule has 0 saturated heterocycles. The predicted octanol–water partition coefficient (Wildman–Crippen LogP) is 3.81. The van der Waals surface area contributed by atoms with E-state index in [0.29, 0.717) is 18.0 Å². The fourth-order valence-electron chi connectivity index (χ4n) is 2.47. The van der Waals surface area contributed by atoms with Crippen molar-refractivity contribution in [1.82, 2.24) is 4.90 Å². The van der Waals surface area contributed by atoms with E-state index in [0.717, 1.165) is 25.4 Å². The Morgan fingerprint density at radius 1 is 1.08 bits per heavy atom. The number of hydrogen-bond acceptors (Lipinski definition) is 4. The van der Waals surface area contributed by atoms with Crippen LogP contribution in [0, 0.1) is 5.82 Å². The van der Waals surface area contributed by atoms with Crippen LogP contribution < -0.4 is 14.8 Å². The van der Waals surface area contributed by atoms with E-state index in [1.54, 1.807) is 30.3 Å². The van der Waals surface area contributed by atoms with Gasteiger partial charge in [-0.15, -0.1) is 0 Å². The zero-order valence-corrected chi connectivity index (χ0v) is 15.4. The smallest absolute Gasteiger partial charge is 0.258 e. The van der Waals surface area contributed by atoms with Crippen molar-refractivity contribution in [2.45, 2.75) is 13.8 Å². The second-order valence-corrected chi connectivity index (χ2v) is 5.70. The number of carbonyl (C=O) groups is 1. The van der Waals surface area contributed by atoms with Gasteiger partial charge in [-0.05, 0) is 49.5 Å². The van der Waals surface area contributed by atoms with Gasteiger partial charge in [-0.1, -0.05) is 13.8 Å². The first kappa shape index (κ1) is 19.7. The molecule has 0 aliphatic carbocycles. The fraction of sp³-hybridized carbons (Fsp3) is 0.350. The van der Waals surface area contributed by atoms with E-state index < -0.39 is 11.7 Å². The Bertz CT molecular complexity index is 715. The molecule has 2 aromatic rings. The van der Waals surface area contributed by atoms with Gasteiger partial charge in [-0.25, -0.2) is 4.39 Å². The SMILES string of the molecule is CCN(CC)CCOc1ccc(NC(=O)c2ccc(OC)cc2F)cc1. The summed E-state index contributed by atoms with van der Waals surface area (Å²) in [6.45, 7) is 7.69. The number of hydrogen-bond donors (Lipinski definition) is 1. The van der Waals surface area contributed by atoms with Gasteiger partial charge in [0.2, 0.25) is 0 Å². The molecule has 2 aromatic carbocycles. The Morgan fingerprint density at radius 2 is 1.73 bits per heavy atom. The van der Waals surface area contributed by atoms with E-state index in [4.69, 9.17) is 9.47 Å². The molecular formula is C20H25FN2O3. The van der Waals surface area contributed by atoms with E-state index in [-0.39, 0.29) is 5.56 Å². The number of amides is 1. The number of nitrogens with one attached hydrogen (secondary N) is 1. The maximum absolute atomic E-state index is 14.0. The molecule has 0 bridgehead atoms. The molecule has 0 atom stereocenters. The summed E-state index contributed by atoms with van der Waals surface area (Å²) in [4.78, 5) is 14.5. The minimum atomic E-state index is -0.627. The highest BCUT2D eigenvalue weighted by Crippen LogP contribution is 2.19. The summed E-state index contributed by atoms with van der Waals surface area (Å²) < 4.78 is 24.6. The van der Waals surface area contributed by atoms with Gasteiger partial charge in [-0.3, -0.25) is 4.79 Å². The molecule has 1 amide bonds. The molecule has 26 heavy (non-hydrogen) atoms. The molecule has 140 valence electrons. The zero-order chi connectivity index (χ0) is 18.9. The number of halogens is 1. The van der Waals surface area contributed by atoms with Crippen molar-refractivity contribution < 1.29 is 18.7 Å². The minimum Gasteiger partial charge on any atom is -0.497 e. The molecule has 5 nitrogen and oxygen atoms in total. The number of likely N-dealkylation sites (N-methyl/N-ethyl adjacent to an activating group) is 1. The largest absolute Gasteiger partial charge is 0.497 e. The first-order chi connectivity index (χ1) is 12.6. The number of rotatable bonds is 9. The average Bonchev–Trinajstić information content (AvgIpc) is 2.66. The van der Waals surface area contributed by atoms with E-state index in [1.165, 1.54) is 19.2 Å². The van der Waals surface area contributed by atoms with Gasteiger partial charge in [0.25, 0.3) is 5.91 Å². The Labute approximate surface area is 153 Å². The Morgan fingerprint density at radius 3 is 2.31 bits per heavy atom. The van der Waals surface area contributed by atoms with Gasteiger partial charge in [-0.2, -0.15) is 0 Å². The normalized spacial score (nSPS) is 10.7. The molecule has 0 unspecified atom stereocenters. The maximum Gasteiger partial charge on any atom is 0.258 e. The minimum absolute atomic E-state index is 0.0367. The third-order valence-electron chi connectivity index (χ3n) is 4.10. The number of carbonyl (C=O) groups excluding carboxylic acids is 1. The van der Waals surface area contributed by atoms with E-state index in [9.17, 15) is 9.18 Å². The summed E-state index contributed by atoms with van der Waals surface area (Å²) in [5, 5.41) is 2.67. The van der Waals surface area contributed by atoms with Gasteiger partial charge < -0.3 is 19.7 Å².